The van der Waals surface area contributed by atoms with Gasteiger partial charge in [-0.25, -0.2) is 0 Å². The number of amides is 1. The Morgan fingerprint density at radius 2 is 1.91 bits per heavy atom. The SMILES string of the molecule is CCN1CCN(C2=NCCN2C(=O)c2ccccc2Br)CC1. The van der Waals surface area contributed by atoms with E-state index in [1.165, 1.54) is 0 Å². The number of likely N-dealkylation sites (N-methyl/N-ethyl adjacent to an activating group) is 1. The number of aliphatic imine (C=N–C) groups is 1. The Hall–Kier alpha value is -1.40. The van der Waals surface area contributed by atoms with Crippen molar-refractivity contribution in [3.63, 3.8) is 0 Å². The highest BCUT2D eigenvalue weighted by Gasteiger charge is 2.31. The van der Waals surface area contributed by atoms with Crippen molar-refractivity contribution in [2.24, 2.45) is 4.99 Å². The summed E-state index contributed by atoms with van der Waals surface area (Å²) in [5, 5.41) is 0. The van der Waals surface area contributed by atoms with Crippen molar-refractivity contribution in [3.8, 4) is 0 Å². The molecule has 22 heavy (non-hydrogen) atoms. The molecular formula is C16H21BrN4O. The highest BCUT2D eigenvalue weighted by Crippen LogP contribution is 2.20. The summed E-state index contributed by atoms with van der Waals surface area (Å²) < 4.78 is 0.835. The Labute approximate surface area is 139 Å². The van der Waals surface area contributed by atoms with E-state index in [0.717, 1.165) is 43.2 Å². The van der Waals surface area contributed by atoms with E-state index < -0.39 is 0 Å². The van der Waals surface area contributed by atoms with Crippen LogP contribution in [0.25, 0.3) is 0 Å². The van der Waals surface area contributed by atoms with Crippen molar-refractivity contribution in [3.05, 3.63) is 34.3 Å². The molecule has 1 saturated heterocycles. The summed E-state index contributed by atoms with van der Waals surface area (Å²) in [7, 11) is 0. The summed E-state index contributed by atoms with van der Waals surface area (Å²) >= 11 is 3.47. The second-order valence-corrected chi connectivity index (χ2v) is 6.39. The smallest absolute Gasteiger partial charge is 0.261 e. The molecule has 2 aliphatic rings. The maximum atomic E-state index is 12.8. The highest BCUT2D eigenvalue weighted by molar-refractivity contribution is 9.10. The first-order valence-corrected chi connectivity index (χ1v) is 8.58. The van der Waals surface area contributed by atoms with E-state index in [1.54, 1.807) is 0 Å². The number of nitrogens with zero attached hydrogens (tertiary/aromatic N) is 4. The van der Waals surface area contributed by atoms with Gasteiger partial charge >= 0.3 is 0 Å². The number of hydrogen-bond donors (Lipinski definition) is 0. The molecule has 1 aromatic rings. The van der Waals surface area contributed by atoms with Crippen LogP contribution in [0.2, 0.25) is 0 Å². The molecule has 0 unspecified atom stereocenters. The summed E-state index contributed by atoms with van der Waals surface area (Å²) in [6, 6.07) is 7.58. The monoisotopic (exact) mass is 364 g/mol. The van der Waals surface area contributed by atoms with Gasteiger partial charge in [0.2, 0.25) is 5.96 Å². The molecule has 2 aliphatic heterocycles. The maximum Gasteiger partial charge on any atom is 0.261 e. The Balaban J connectivity index is 1.74. The van der Waals surface area contributed by atoms with Crippen molar-refractivity contribution < 1.29 is 4.79 Å². The summed E-state index contributed by atoms with van der Waals surface area (Å²) in [6.07, 6.45) is 0. The van der Waals surface area contributed by atoms with Crippen LogP contribution in [0.1, 0.15) is 17.3 Å². The summed E-state index contributed by atoms with van der Waals surface area (Å²) in [5.74, 6) is 0.873. The summed E-state index contributed by atoms with van der Waals surface area (Å²) in [6.45, 7) is 8.58. The zero-order valence-corrected chi connectivity index (χ0v) is 14.4. The van der Waals surface area contributed by atoms with E-state index >= 15 is 0 Å². The van der Waals surface area contributed by atoms with Crippen LogP contribution in [0.4, 0.5) is 0 Å². The molecule has 0 N–H and O–H groups in total. The first-order chi connectivity index (χ1) is 10.7. The maximum absolute atomic E-state index is 12.8. The first-order valence-electron chi connectivity index (χ1n) is 7.79. The average Bonchev–Trinajstić information content (AvgIpc) is 3.04. The predicted molar refractivity (Wildman–Crippen MR) is 91.2 cm³/mol. The van der Waals surface area contributed by atoms with Crippen LogP contribution in [-0.2, 0) is 0 Å². The Morgan fingerprint density at radius 3 is 2.59 bits per heavy atom. The fourth-order valence-electron chi connectivity index (χ4n) is 2.94. The van der Waals surface area contributed by atoms with Crippen molar-refractivity contribution >= 4 is 27.8 Å². The molecule has 0 atom stereocenters. The highest BCUT2D eigenvalue weighted by atomic mass is 79.9. The fourth-order valence-corrected chi connectivity index (χ4v) is 3.40. The summed E-state index contributed by atoms with van der Waals surface area (Å²) in [4.78, 5) is 23.9. The lowest BCUT2D eigenvalue weighted by Crippen LogP contribution is -2.53. The van der Waals surface area contributed by atoms with Crippen LogP contribution in [-0.4, -0.2) is 72.4 Å². The third-order valence-electron chi connectivity index (χ3n) is 4.27. The Morgan fingerprint density at radius 1 is 1.18 bits per heavy atom. The lowest BCUT2D eigenvalue weighted by Gasteiger charge is -2.37. The van der Waals surface area contributed by atoms with Gasteiger partial charge in [0.25, 0.3) is 5.91 Å². The van der Waals surface area contributed by atoms with Crippen LogP contribution < -0.4 is 0 Å². The zero-order chi connectivity index (χ0) is 15.5. The third-order valence-corrected chi connectivity index (χ3v) is 4.96. The molecule has 0 bridgehead atoms. The molecule has 118 valence electrons. The largest absolute Gasteiger partial charge is 0.340 e. The molecule has 1 amide bonds. The first kappa shape index (κ1) is 15.5. The van der Waals surface area contributed by atoms with Gasteiger partial charge in [-0.15, -0.1) is 0 Å². The van der Waals surface area contributed by atoms with Gasteiger partial charge < -0.3 is 9.80 Å². The molecule has 1 fully saturated rings. The third kappa shape index (κ3) is 3.03. The molecule has 2 heterocycles. The van der Waals surface area contributed by atoms with Crippen molar-refractivity contribution in [1.82, 2.24) is 14.7 Å². The van der Waals surface area contributed by atoms with Crippen LogP contribution in [0.3, 0.4) is 0 Å². The lowest BCUT2D eigenvalue weighted by atomic mass is 10.2. The second kappa shape index (κ2) is 6.79. The van der Waals surface area contributed by atoms with E-state index in [2.05, 4.69) is 37.6 Å². The quantitative estimate of drug-likeness (QED) is 0.804. The van der Waals surface area contributed by atoms with Gasteiger partial charge in [0.05, 0.1) is 12.1 Å². The topological polar surface area (TPSA) is 39.1 Å². The normalized spacial score (nSPS) is 19.5. The van der Waals surface area contributed by atoms with Gasteiger partial charge in [-0.3, -0.25) is 14.7 Å². The number of benzene rings is 1. The average molecular weight is 365 g/mol. The minimum atomic E-state index is 0.0293. The molecule has 0 aromatic heterocycles. The summed E-state index contributed by atoms with van der Waals surface area (Å²) in [5.41, 5.74) is 0.698. The molecule has 0 spiro atoms. The second-order valence-electron chi connectivity index (χ2n) is 5.54. The standard InChI is InChI=1S/C16H21BrN4O/c1-2-19-9-11-20(12-10-19)16-18-7-8-21(16)15(22)13-5-3-4-6-14(13)17/h3-6H,2,7-12H2,1H3. The number of guanidine groups is 1. The van der Waals surface area contributed by atoms with Gasteiger partial charge in [0.15, 0.2) is 0 Å². The van der Waals surface area contributed by atoms with Crippen molar-refractivity contribution in [2.75, 3.05) is 45.8 Å². The molecular weight excluding hydrogens is 344 g/mol. The van der Waals surface area contributed by atoms with Gasteiger partial charge in [-0.2, -0.15) is 0 Å². The number of carbonyl (C=O) groups excluding carboxylic acids is 1. The fraction of sp³-hybridized carbons (Fsp3) is 0.500. The number of piperazine rings is 1. The van der Waals surface area contributed by atoms with E-state index in [0.29, 0.717) is 18.7 Å². The molecule has 0 radical (unpaired) electrons. The molecule has 5 nitrogen and oxygen atoms in total. The molecule has 3 rings (SSSR count). The van der Waals surface area contributed by atoms with Gasteiger partial charge in [-0.1, -0.05) is 19.1 Å². The lowest BCUT2D eigenvalue weighted by molar-refractivity contribution is 0.0833. The minimum absolute atomic E-state index is 0.0293. The van der Waals surface area contributed by atoms with Crippen molar-refractivity contribution in [2.45, 2.75) is 6.92 Å². The Bertz CT molecular complexity index is 581. The number of rotatable bonds is 2. The number of halogens is 1. The van der Waals surface area contributed by atoms with Crippen LogP contribution >= 0.6 is 15.9 Å². The molecule has 1 aromatic carbocycles. The van der Waals surface area contributed by atoms with Crippen molar-refractivity contribution in [1.29, 1.82) is 0 Å². The molecule has 6 heteroatoms. The van der Waals surface area contributed by atoms with Gasteiger partial charge in [-0.05, 0) is 34.6 Å². The van der Waals surface area contributed by atoms with Gasteiger partial charge in [0, 0.05) is 37.2 Å². The molecule has 0 saturated carbocycles. The van der Waals surface area contributed by atoms with E-state index in [-0.39, 0.29) is 5.91 Å². The number of hydrogen-bond acceptors (Lipinski definition) is 4. The number of carbonyl (C=O) groups is 1. The molecule has 0 aliphatic carbocycles. The van der Waals surface area contributed by atoms with Crippen LogP contribution in [0, 0.1) is 0 Å². The predicted octanol–water partition coefficient (Wildman–Crippen LogP) is 1.90. The minimum Gasteiger partial charge on any atom is -0.340 e. The van der Waals surface area contributed by atoms with Gasteiger partial charge in [0.1, 0.15) is 0 Å². The van der Waals surface area contributed by atoms with E-state index in [4.69, 9.17) is 0 Å². The van der Waals surface area contributed by atoms with Crippen LogP contribution in [0.15, 0.2) is 33.7 Å². The van der Waals surface area contributed by atoms with Crippen LogP contribution in [0.5, 0.6) is 0 Å². The van der Waals surface area contributed by atoms with E-state index in [1.807, 2.05) is 29.2 Å². The zero-order valence-electron chi connectivity index (χ0n) is 12.8. The Kier molecular flexibility index (Phi) is 4.78. The van der Waals surface area contributed by atoms with E-state index in [9.17, 15) is 4.79 Å².